The summed E-state index contributed by atoms with van der Waals surface area (Å²) in [6.07, 6.45) is 8.90. The Labute approximate surface area is 229 Å². The Balaban J connectivity index is 1.90. The summed E-state index contributed by atoms with van der Waals surface area (Å²) < 4.78 is 19.2. The molecule has 0 aromatic heterocycles. The van der Waals surface area contributed by atoms with Crippen molar-refractivity contribution in [1.82, 2.24) is 0 Å². The monoisotopic (exact) mass is 550 g/mol. The molecule has 1 unspecified atom stereocenters. The molecule has 1 aliphatic heterocycles. The standard InChI is InChI=1S/C30H54O5Si2/c1-19-12-13-20-16-21(28(2,3)4)17-24(31)25(20)30(19,35-37(10)11)15-14-22-18-23(29(5,6)7)26(27(32)33-22)34-36(8)9/h12-13,16,19,21-26,31,36-37H,14-15,17-18H2,1-11H3/t19-,21+,22+,23+,24-,25+,26?,30-/m0/s1. The van der Waals surface area contributed by atoms with Crippen LogP contribution in [0, 0.1) is 34.5 Å². The average molecular weight is 551 g/mol. The predicted molar refractivity (Wildman–Crippen MR) is 157 cm³/mol. The summed E-state index contributed by atoms with van der Waals surface area (Å²) in [7, 11) is -2.83. The van der Waals surface area contributed by atoms with Crippen molar-refractivity contribution in [3.8, 4) is 0 Å². The van der Waals surface area contributed by atoms with Gasteiger partial charge in [0, 0.05) is 17.8 Å². The second kappa shape index (κ2) is 11.4. The van der Waals surface area contributed by atoms with Gasteiger partial charge in [-0.2, -0.15) is 0 Å². The van der Waals surface area contributed by atoms with E-state index in [-0.39, 0.29) is 40.7 Å². The van der Waals surface area contributed by atoms with Crippen LogP contribution in [-0.2, 0) is 18.4 Å². The molecule has 7 heteroatoms. The van der Waals surface area contributed by atoms with E-state index in [9.17, 15) is 9.90 Å². The van der Waals surface area contributed by atoms with Crippen molar-refractivity contribution in [1.29, 1.82) is 0 Å². The summed E-state index contributed by atoms with van der Waals surface area (Å²) in [5.74, 6) is 0.368. The van der Waals surface area contributed by atoms with E-state index in [0.29, 0.717) is 5.92 Å². The molecule has 212 valence electrons. The number of carbonyl (C=O) groups excluding carboxylic acids is 1. The third-order valence-corrected chi connectivity index (χ3v) is 10.6. The first-order valence-electron chi connectivity index (χ1n) is 14.6. The quantitative estimate of drug-likeness (QED) is 0.310. The van der Waals surface area contributed by atoms with Crippen molar-refractivity contribution in [2.75, 3.05) is 0 Å². The summed E-state index contributed by atoms with van der Waals surface area (Å²) in [5, 5.41) is 11.6. The lowest BCUT2D eigenvalue weighted by molar-refractivity contribution is -0.178. The van der Waals surface area contributed by atoms with Crippen LogP contribution in [0.2, 0.25) is 26.2 Å². The highest BCUT2D eigenvalue weighted by atomic mass is 28.3. The van der Waals surface area contributed by atoms with Crippen LogP contribution in [0.3, 0.4) is 0 Å². The Hall–Kier alpha value is -0.736. The molecule has 0 saturated carbocycles. The predicted octanol–water partition coefficient (Wildman–Crippen LogP) is 6.03. The molecule has 0 aromatic rings. The number of carbonyl (C=O) groups is 1. The summed E-state index contributed by atoms with van der Waals surface area (Å²) in [6, 6.07) is 0. The number of hydrogen-bond donors (Lipinski definition) is 1. The molecule has 2 aliphatic carbocycles. The molecule has 0 amide bonds. The molecule has 0 aromatic carbocycles. The van der Waals surface area contributed by atoms with Gasteiger partial charge in [-0.1, -0.05) is 66.7 Å². The van der Waals surface area contributed by atoms with E-state index in [1.54, 1.807) is 0 Å². The highest BCUT2D eigenvalue weighted by Gasteiger charge is 2.53. The zero-order valence-corrected chi connectivity index (χ0v) is 27.6. The molecule has 1 N–H and O–H groups in total. The maximum absolute atomic E-state index is 13.2. The minimum absolute atomic E-state index is 0.0526. The number of allylic oxidation sites excluding steroid dienone is 2. The number of esters is 1. The van der Waals surface area contributed by atoms with Gasteiger partial charge >= 0.3 is 5.97 Å². The second-order valence-corrected chi connectivity index (χ2v) is 19.3. The minimum atomic E-state index is -1.44. The van der Waals surface area contributed by atoms with Crippen molar-refractivity contribution < 1.29 is 23.5 Å². The zero-order valence-electron chi connectivity index (χ0n) is 25.3. The van der Waals surface area contributed by atoms with Crippen LogP contribution in [0.15, 0.2) is 23.8 Å². The number of cyclic esters (lactones) is 1. The van der Waals surface area contributed by atoms with Gasteiger partial charge in [0.25, 0.3) is 0 Å². The molecule has 1 heterocycles. The fourth-order valence-electron chi connectivity index (χ4n) is 6.82. The molecule has 0 bridgehead atoms. The largest absolute Gasteiger partial charge is 0.460 e. The summed E-state index contributed by atoms with van der Waals surface area (Å²) in [5.41, 5.74) is 0.783. The fourth-order valence-corrected chi connectivity index (χ4v) is 9.07. The third-order valence-electron chi connectivity index (χ3n) is 8.86. The van der Waals surface area contributed by atoms with Gasteiger partial charge in [-0.05, 0) is 74.2 Å². The SMILES string of the molecule is C[C@H]1C=CC2=C[C@@H](C(C)(C)C)C[C@H](O)[C@@H]2[C@@]1(CC[C@@H]1C[C@@H](C(C)(C)C)C(O[SiH](C)C)C(=O)O1)O[SiH](C)C. The van der Waals surface area contributed by atoms with Gasteiger partial charge in [-0.15, -0.1) is 0 Å². The summed E-state index contributed by atoms with van der Waals surface area (Å²) >= 11 is 0. The van der Waals surface area contributed by atoms with E-state index in [1.165, 1.54) is 5.57 Å². The lowest BCUT2D eigenvalue weighted by Crippen LogP contribution is -2.57. The summed E-state index contributed by atoms with van der Waals surface area (Å²) in [6.45, 7) is 24.3. The van der Waals surface area contributed by atoms with Crippen LogP contribution in [0.1, 0.15) is 74.1 Å². The van der Waals surface area contributed by atoms with Crippen LogP contribution >= 0.6 is 0 Å². The van der Waals surface area contributed by atoms with Crippen LogP contribution < -0.4 is 0 Å². The molecule has 3 rings (SSSR count). The Morgan fingerprint density at radius 2 is 1.70 bits per heavy atom. The molecule has 37 heavy (non-hydrogen) atoms. The number of rotatable bonds is 7. The van der Waals surface area contributed by atoms with Crippen molar-refractivity contribution in [3.63, 3.8) is 0 Å². The van der Waals surface area contributed by atoms with Crippen molar-refractivity contribution in [2.24, 2.45) is 34.5 Å². The molecule has 0 radical (unpaired) electrons. The first kappa shape index (κ1) is 30.8. The Bertz CT molecular complexity index is 868. The molecule has 1 fully saturated rings. The number of aliphatic hydroxyl groups excluding tert-OH is 1. The number of aliphatic hydroxyl groups is 1. The van der Waals surface area contributed by atoms with E-state index in [1.807, 2.05) is 0 Å². The Morgan fingerprint density at radius 3 is 2.24 bits per heavy atom. The van der Waals surface area contributed by atoms with Crippen molar-refractivity contribution in [3.05, 3.63) is 23.8 Å². The topological polar surface area (TPSA) is 65.0 Å². The van der Waals surface area contributed by atoms with Crippen LogP contribution in [0.25, 0.3) is 0 Å². The molecular weight excluding hydrogens is 496 g/mol. The van der Waals surface area contributed by atoms with Gasteiger partial charge in [0.2, 0.25) is 0 Å². The van der Waals surface area contributed by atoms with E-state index in [2.05, 4.69) is 92.9 Å². The van der Waals surface area contributed by atoms with Gasteiger partial charge in [0.05, 0.1) is 11.7 Å². The number of hydrogen-bond acceptors (Lipinski definition) is 5. The molecule has 5 nitrogen and oxygen atoms in total. The molecule has 8 atom stereocenters. The first-order chi connectivity index (χ1) is 17.0. The Kier molecular flexibility index (Phi) is 9.49. The van der Waals surface area contributed by atoms with E-state index < -0.39 is 35.9 Å². The molecular formula is C30H54O5Si2. The van der Waals surface area contributed by atoms with Gasteiger partial charge < -0.3 is 18.7 Å². The first-order valence-corrected chi connectivity index (χ1v) is 20.1. The zero-order chi connectivity index (χ0) is 27.9. The normalized spacial score (nSPS) is 37.0. The summed E-state index contributed by atoms with van der Waals surface area (Å²) in [4.78, 5) is 13.2. The maximum Gasteiger partial charge on any atom is 0.334 e. The van der Waals surface area contributed by atoms with Gasteiger partial charge in [-0.25, -0.2) is 4.79 Å². The van der Waals surface area contributed by atoms with Crippen molar-refractivity contribution >= 4 is 24.0 Å². The van der Waals surface area contributed by atoms with Gasteiger partial charge in [-0.3, -0.25) is 0 Å². The molecule has 1 saturated heterocycles. The third kappa shape index (κ3) is 6.89. The lowest BCUT2D eigenvalue weighted by Gasteiger charge is -2.53. The van der Waals surface area contributed by atoms with Gasteiger partial charge in [0.15, 0.2) is 18.1 Å². The maximum atomic E-state index is 13.2. The Morgan fingerprint density at radius 1 is 1.05 bits per heavy atom. The molecule has 3 aliphatic rings. The van der Waals surface area contributed by atoms with Crippen LogP contribution in [0.4, 0.5) is 0 Å². The minimum Gasteiger partial charge on any atom is -0.460 e. The number of ether oxygens (including phenoxy) is 1. The second-order valence-electron chi connectivity index (χ2n) is 14.6. The van der Waals surface area contributed by atoms with Crippen molar-refractivity contribution in [2.45, 2.75) is 124 Å². The lowest BCUT2D eigenvalue weighted by atomic mass is 9.60. The van der Waals surface area contributed by atoms with E-state index in [0.717, 1.165) is 25.7 Å². The van der Waals surface area contributed by atoms with E-state index in [4.69, 9.17) is 13.6 Å². The average Bonchev–Trinajstić information content (AvgIpc) is 2.73. The highest BCUT2D eigenvalue weighted by molar-refractivity contribution is 6.48. The highest BCUT2D eigenvalue weighted by Crippen LogP contribution is 2.51. The fraction of sp³-hybridized carbons (Fsp3) is 0.833. The van der Waals surface area contributed by atoms with Crippen LogP contribution in [0.5, 0.6) is 0 Å². The van der Waals surface area contributed by atoms with Gasteiger partial charge in [0.1, 0.15) is 12.2 Å². The molecule has 0 spiro atoms. The number of fused-ring (bicyclic) bond motifs is 1. The van der Waals surface area contributed by atoms with E-state index >= 15 is 0 Å². The smallest absolute Gasteiger partial charge is 0.334 e. The van der Waals surface area contributed by atoms with Crippen LogP contribution in [-0.4, -0.2) is 53.1 Å².